The van der Waals surface area contributed by atoms with E-state index in [0.29, 0.717) is 11.6 Å². The van der Waals surface area contributed by atoms with Gasteiger partial charge in [-0.25, -0.2) is 0 Å². The summed E-state index contributed by atoms with van der Waals surface area (Å²) in [7, 11) is 0. The van der Waals surface area contributed by atoms with Gasteiger partial charge < -0.3 is 5.32 Å². The molecule has 0 aromatic heterocycles. The fraction of sp³-hybridized carbons (Fsp3) is 0.417. The lowest BCUT2D eigenvalue weighted by molar-refractivity contribution is 0.0933. The van der Waals surface area contributed by atoms with Crippen molar-refractivity contribution in [2.45, 2.75) is 74.6 Å². The van der Waals surface area contributed by atoms with Gasteiger partial charge in [0.05, 0.1) is 5.69 Å². The van der Waals surface area contributed by atoms with Gasteiger partial charge in [0.2, 0.25) is 0 Å². The number of amides is 1. The van der Waals surface area contributed by atoms with Crippen molar-refractivity contribution in [1.82, 2.24) is 5.32 Å². The smallest absolute Gasteiger partial charge is 0.251 e. The molecule has 4 heteroatoms. The van der Waals surface area contributed by atoms with Gasteiger partial charge in [0.25, 0.3) is 5.91 Å². The van der Waals surface area contributed by atoms with E-state index < -0.39 is 0 Å². The van der Waals surface area contributed by atoms with Crippen molar-refractivity contribution < 1.29 is 4.79 Å². The minimum absolute atomic E-state index is 0.0329. The highest BCUT2D eigenvalue weighted by molar-refractivity contribution is 7.99. The molecule has 0 bridgehead atoms. The first kappa shape index (κ1) is 19.3. The van der Waals surface area contributed by atoms with E-state index in [0.717, 1.165) is 35.6 Å². The number of carbonyl (C=O) groups excluding carboxylic acids is 1. The summed E-state index contributed by atoms with van der Waals surface area (Å²) in [5, 5.41) is 3.25. The molecule has 4 rings (SSSR count). The summed E-state index contributed by atoms with van der Waals surface area (Å²) < 4.78 is 0. The Morgan fingerprint density at radius 2 is 1.82 bits per heavy atom. The van der Waals surface area contributed by atoms with Crippen LogP contribution in [-0.2, 0) is 0 Å². The summed E-state index contributed by atoms with van der Waals surface area (Å²) in [6, 6.07) is 12.8. The van der Waals surface area contributed by atoms with Gasteiger partial charge in [-0.3, -0.25) is 9.79 Å². The zero-order valence-corrected chi connectivity index (χ0v) is 17.6. The third kappa shape index (κ3) is 4.17. The van der Waals surface area contributed by atoms with Crippen molar-refractivity contribution in [3.63, 3.8) is 0 Å². The van der Waals surface area contributed by atoms with Crippen molar-refractivity contribution in [1.29, 1.82) is 0 Å². The van der Waals surface area contributed by atoms with Gasteiger partial charge in [-0.2, -0.15) is 0 Å². The van der Waals surface area contributed by atoms with Gasteiger partial charge in [0, 0.05) is 32.7 Å². The predicted molar refractivity (Wildman–Crippen MR) is 117 cm³/mol. The first-order valence-electron chi connectivity index (χ1n) is 10.5. The molecule has 0 unspecified atom stereocenters. The summed E-state index contributed by atoms with van der Waals surface area (Å²) >= 11 is 1.74. The minimum atomic E-state index is 0.0329. The number of aliphatic imine (C=N–C) groups is 1. The molecule has 2 aromatic rings. The van der Waals surface area contributed by atoms with E-state index in [1.54, 1.807) is 11.8 Å². The van der Waals surface area contributed by atoms with Crippen LogP contribution in [0.1, 0.15) is 73.4 Å². The van der Waals surface area contributed by atoms with E-state index >= 15 is 0 Å². The van der Waals surface area contributed by atoms with Gasteiger partial charge in [0.15, 0.2) is 0 Å². The molecule has 2 aliphatic rings. The Labute approximate surface area is 172 Å². The molecule has 1 aliphatic carbocycles. The van der Waals surface area contributed by atoms with Crippen LogP contribution in [0.5, 0.6) is 0 Å². The number of fused-ring (bicyclic) bond motifs is 2. The van der Waals surface area contributed by atoms with E-state index in [-0.39, 0.29) is 5.91 Å². The zero-order valence-electron chi connectivity index (χ0n) is 16.8. The van der Waals surface area contributed by atoms with Crippen molar-refractivity contribution >= 4 is 29.1 Å². The Morgan fingerprint density at radius 1 is 1.07 bits per heavy atom. The molecule has 0 atom stereocenters. The fourth-order valence-electron chi connectivity index (χ4n) is 4.08. The van der Waals surface area contributed by atoms with Crippen LogP contribution in [0, 0.1) is 6.92 Å². The van der Waals surface area contributed by atoms with Gasteiger partial charge in [-0.15, -0.1) is 0 Å². The van der Waals surface area contributed by atoms with E-state index in [1.165, 1.54) is 41.7 Å². The lowest BCUT2D eigenvalue weighted by Crippen LogP contribution is -2.34. The lowest BCUT2D eigenvalue weighted by atomic mass is 10.0. The number of rotatable bonds is 3. The highest BCUT2D eigenvalue weighted by atomic mass is 32.2. The molecule has 146 valence electrons. The third-order valence-corrected chi connectivity index (χ3v) is 6.81. The van der Waals surface area contributed by atoms with Gasteiger partial charge in [-0.1, -0.05) is 56.0 Å². The molecule has 1 heterocycles. The van der Waals surface area contributed by atoms with Gasteiger partial charge in [-0.05, 0) is 56.5 Å². The molecule has 1 fully saturated rings. The number of nitrogens with one attached hydrogen (secondary N) is 1. The van der Waals surface area contributed by atoms with Crippen molar-refractivity contribution in [3.8, 4) is 0 Å². The van der Waals surface area contributed by atoms with E-state index in [4.69, 9.17) is 4.99 Å². The van der Waals surface area contributed by atoms with Crippen LogP contribution in [0.4, 0.5) is 5.69 Å². The Bertz CT molecular complexity index is 911. The van der Waals surface area contributed by atoms with Crippen molar-refractivity contribution in [2.75, 3.05) is 0 Å². The average molecular weight is 393 g/mol. The Morgan fingerprint density at radius 3 is 2.57 bits per heavy atom. The first-order valence-corrected chi connectivity index (χ1v) is 11.3. The molecule has 0 radical (unpaired) electrons. The maximum Gasteiger partial charge on any atom is 0.251 e. The second-order valence-electron chi connectivity index (χ2n) is 7.86. The van der Waals surface area contributed by atoms with Crippen LogP contribution >= 0.6 is 11.8 Å². The largest absolute Gasteiger partial charge is 0.349 e. The van der Waals surface area contributed by atoms with Crippen LogP contribution in [-0.4, -0.2) is 17.7 Å². The Balaban J connectivity index is 1.62. The van der Waals surface area contributed by atoms with Crippen LogP contribution in [0.3, 0.4) is 0 Å². The van der Waals surface area contributed by atoms with Crippen LogP contribution < -0.4 is 5.32 Å². The number of benzene rings is 2. The maximum atomic E-state index is 12.8. The average Bonchev–Trinajstić information content (AvgIpc) is 3.04. The summed E-state index contributed by atoms with van der Waals surface area (Å²) in [6.07, 6.45) is 8.07. The van der Waals surface area contributed by atoms with Crippen LogP contribution in [0.2, 0.25) is 0 Å². The van der Waals surface area contributed by atoms with Crippen molar-refractivity contribution in [2.24, 2.45) is 4.99 Å². The second kappa shape index (κ2) is 8.52. The first-order chi connectivity index (χ1) is 13.6. The maximum absolute atomic E-state index is 12.8. The lowest BCUT2D eigenvalue weighted by Gasteiger charge is -2.16. The normalized spacial score (nSPS) is 17.0. The molecule has 1 N–H and O–H groups in total. The molecular formula is C24H28N2OS. The molecule has 28 heavy (non-hydrogen) atoms. The minimum Gasteiger partial charge on any atom is -0.349 e. The number of nitrogens with zero attached hydrogens (tertiary/aromatic N) is 1. The molecule has 2 aromatic carbocycles. The predicted octanol–water partition coefficient (Wildman–Crippen LogP) is 6.44. The van der Waals surface area contributed by atoms with Gasteiger partial charge in [0.1, 0.15) is 0 Å². The summed E-state index contributed by atoms with van der Waals surface area (Å²) in [6.45, 7) is 4.26. The molecule has 1 amide bonds. The number of hydrogen-bond acceptors (Lipinski definition) is 3. The quantitative estimate of drug-likeness (QED) is 0.610. The standard InChI is InChI=1S/C24H28N2OS/c1-3-20-19-14-16(2)10-12-22(19)28-23-13-11-17(15-21(23)26-20)24(27)25-18-8-6-4-5-7-9-18/h10-15,18H,3-9H2,1-2H3,(H,25,27). The molecule has 1 aliphatic heterocycles. The van der Waals surface area contributed by atoms with E-state index in [2.05, 4.69) is 37.4 Å². The van der Waals surface area contributed by atoms with E-state index in [1.807, 2.05) is 18.2 Å². The van der Waals surface area contributed by atoms with Crippen LogP contribution in [0.15, 0.2) is 51.2 Å². The Kier molecular flexibility index (Phi) is 5.86. The van der Waals surface area contributed by atoms with Gasteiger partial charge >= 0.3 is 0 Å². The molecule has 3 nitrogen and oxygen atoms in total. The highest BCUT2D eigenvalue weighted by Gasteiger charge is 2.20. The SMILES string of the molecule is CCC1=Nc2cc(C(=O)NC3CCCCCC3)ccc2Sc2ccc(C)cc21. The highest BCUT2D eigenvalue weighted by Crippen LogP contribution is 2.41. The molecule has 0 saturated heterocycles. The zero-order chi connectivity index (χ0) is 19.5. The molecular weight excluding hydrogens is 364 g/mol. The van der Waals surface area contributed by atoms with E-state index in [9.17, 15) is 4.79 Å². The topological polar surface area (TPSA) is 41.5 Å². The Hall–Kier alpha value is -2.07. The summed E-state index contributed by atoms with van der Waals surface area (Å²) in [5.41, 5.74) is 5.17. The summed E-state index contributed by atoms with van der Waals surface area (Å²) in [5.74, 6) is 0.0329. The second-order valence-corrected chi connectivity index (χ2v) is 8.94. The fourth-order valence-corrected chi connectivity index (χ4v) is 5.08. The van der Waals surface area contributed by atoms with Crippen LogP contribution in [0.25, 0.3) is 0 Å². The number of aryl methyl sites for hydroxylation is 1. The molecule has 0 spiro atoms. The molecule has 1 saturated carbocycles. The number of carbonyl (C=O) groups is 1. The van der Waals surface area contributed by atoms with Crippen molar-refractivity contribution in [3.05, 3.63) is 53.1 Å². The number of hydrogen-bond donors (Lipinski definition) is 1. The summed E-state index contributed by atoms with van der Waals surface area (Å²) in [4.78, 5) is 20.2. The third-order valence-electron chi connectivity index (χ3n) is 5.67. The monoisotopic (exact) mass is 392 g/mol.